The summed E-state index contributed by atoms with van der Waals surface area (Å²) in [7, 11) is 0. The second-order valence-electron chi connectivity index (χ2n) is 5.41. The van der Waals surface area contributed by atoms with E-state index in [0.29, 0.717) is 5.56 Å². The van der Waals surface area contributed by atoms with Gasteiger partial charge in [0.25, 0.3) is 0 Å². The summed E-state index contributed by atoms with van der Waals surface area (Å²) in [5, 5.41) is 9.31. The van der Waals surface area contributed by atoms with Crippen molar-refractivity contribution in [3.8, 4) is 0 Å². The minimum Gasteiger partial charge on any atom is -0.481 e. The fraction of sp³-hybridized carbons (Fsp3) is 0.467. The maximum atomic E-state index is 12.5. The number of ketones is 1. The second-order valence-corrected chi connectivity index (χ2v) is 5.41. The van der Waals surface area contributed by atoms with Gasteiger partial charge < -0.3 is 9.84 Å². The molecule has 19 heavy (non-hydrogen) atoms. The Labute approximate surface area is 111 Å². The van der Waals surface area contributed by atoms with Gasteiger partial charge in [0, 0.05) is 5.56 Å². The van der Waals surface area contributed by atoms with Crippen LogP contribution in [0.3, 0.4) is 0 Å². The monoisotopic (exact) mass is 260 g/mol. The first-order valence-electron chi connectivity index (χ1n) is 6.57. The molecule has 2 fully saturated rings. The number of Topliss-reactive ketones (excluding diaryl/α,β-unsaturated/α-hetero) is 1. The number of aryl methyl sites for hydroxylation is 1. The Bertz CT molecular complexity index is 519. The fourth-order valence-corrected chi connectivity index (χ4v) is 3.23. The van der Waals surface area contributed by atoms with Crippen molar-refractivity contribution in [3.05, 3.63) is 35.4 Å². The Balaban J connectivity index is 1.90. The summed E-state index contributed by atoms with van der Waals surface area (Å²) in [6.45, 7) is 1.95. The van der Waals surface area contributed by atoms with E-state index in [1.165, 1.54) is 0 Å². The molecular formula is C15H16O4. The second kappa shape index (κ2) is 4.46. The molecule has 0 radical (unpaired) electrons. The van der Waals surface area contributed by atoms with Crippen LogP contribution in [0.1, 0.15) is 28.8 Å². The average molecular weight is 260 g/mol. The van der Waals surface area contributed by atoms with Gasteiger partial charge in [-0.1, -0.05) is 29.8 Å². The van der Waals surface area contributed by atoms with Crippen LogP contribution in [0.25, 0.3) is 0 Å². The fourth-order valence-electron chi connectivity index (χ4n) is 3.23. The van der Waals surface area contributed by atoms with E-state index in [0.717, 1.165) is 18.4 Å². The molecule has 2 heterocycles. The lowest BCUT2D eigenvalue weighted by Crippen LogP contribution is -2.38. The third-order valence-electron chi connectivity index (χ3n) is 4.20. The van der Waals surface area contributed by atoms with Crippen LogP contribution in [0, 0.1) is 18.8 Å². The van der Waals surface area contributed by atoms with E-state index >= 15 is 0 Å². The molecule has 1 N–H and O–H groups in total. The molecule has 0 aromatic heterocycles. The van der Waals surface area contributed by atoms with Crippen molar-refractivity contribution in [2.45, 2.75) is 32.0 Å². The number of rotatable bonds is 3. The molecule has 0 amide bonds. The van der Waals surface area contributed by atoms with E-state index in [1.54, 1.807) is 12.1 Å². The van der Waals surface area contributed by atoms with Crippen LogP contribution in [0.5, 0.6) is 0 Å². The number of carboxylic acid groups (broad SMARTS) is 1. The molecule has 2 saturated heterocycles. The van der Waals surface area contributed by atoms with Gasteiger partial charge in [0.15, 0.2) is 5.78 Å². The number of benzene rings is 1. The molecular weight excluding hydrogens is 244 g/mol. The molecule has 2 bridgehead atoms. The van der Waals surface area contributed by atoms with Crippen molar-refractivity contribution in [1.29, 1.82) is 0 Å². The summed E-state index contributed by atoms with van der Waals surface area (Å²) in [5.74, 6) is -2.23. The quantitative estimate of drug-likeness (QED) is 0.845. The van der Waals surface area contributed by atoms with Crippen LogP contribution in [-0.2, 0) is 9.53 Å². The highest BCUT2D eigenvalue weighted by Gasteiger charge is 2.55. The summed E-state index contributed by atoms with van der Waals surface area (Å²) >= 11 is 0. The van der Waals surface area contributed by atoms with Gasteiger partial charge >= 0.3 is 5.97 Å². The maximum absolute atomic E-state index is 12.5. The minimum absolute atomic E-state index is 0.0976. The average Bonchev–Trinajstić information content (AvgIpc) is 2.98. The van der Waals surface area contributed by atoms with Crippen LogP contribution in [0.15, 0.2) is 24.3 Å². The zero-order valence-corrected chi connectivity index (χ0v) is 10.7. The van der Waals surface area contributed by atoms with Gasteiger partial charge in [0.05, 0.1) is 24.0 Å². The Kier molecular flexibility index (Phi) is 2.90. The van der Waals surface area contributed by atoms with Crippen molar-refractivity contribution in [3.63, 3.8) is 0 Å². The first kappa shape index (κ1) is 12.4. The summed E-state index contributed by atoms with van der Waals surface area (Å²) in [5.41, 5.74) is 1.66. The lowest BCUT2D eigenvalue weighted by Gasteiger charge is -2.23. The van der Waals surface area contributed by atoms with Crippen LogP contribution < -0.4 is 0 Å². The van der Waals surface area contributed by atoms with E-state index < -0.39 is 17.8 Å². The minimum atomic E-state index is -0.919. The van der Waals surface area contributed by atoms with Gasteiger partial charge in [-0.15, -0.1) is 0 Å². The van der Waals surface area contributed by atoms with Crippen molar-refractivity contribution in [1.82, 2.24) is 0 Å². The molecule has 1 aromatic rings. The summed E-state index contributed by atoms with van der Waals surface area (Å²) in [4.78, 5) is 23.9. The molecule has 4 unspecified atom stereocenters. The van der Waals surface area contributed by atoms with Crippen molar-refractivity contribution >= 4 is 11.8 Å². The van der Waals surface area contributed by atoms with Crippen molar-refractivity contribution in [2.75, 3.05) is 0 Å². The zero-order chi connectivity index (χ0) is 13.6. The molecule has 0 aliphatic carbocycles. The van der Waals surface area contributed by atoms with Gasteiger partial charge in [0.1, 0.15) is 0 Å². The van der Waals surface area contributed by atoms with Gasteiger partial charge in [-0.05, 0) is 19.8 Å². The Hall–Kier alpha value is -1.68. The van der Waals surface area contributed by atoms with Gasteiger partial charge in [0.2, 0.25) is 0 Å². The van der Waals surface area contributed by atoms with E-state index in [-0.39, 0.29) is 18.0 Å². The number of hydrogen-bond donors (Lipinski definition) is 1. The lowest BCUT2D eigenvalue weighted by atomic mass is 9.75. The van der Waals surface area contributed by atoms with Crippen LogP contribution in [0.2, 0.25) is 0 Å². The Morgan fingerprint density at radius 2 is 1.68 bits per heavy atom. The number of hydrogen-bond acceptors (Lipinski definition) is 3. The first-order valence-corrected chi connectivity index (χ1v) is 6.57. The normalized spacial score (nSPS) is 32.5. The van der Waals surface area contributed by atoms with Crippen LogP contribution >= 0.6 is 0 Å². The highest BCUT2D eigenvalue weighted by Crippen LogP contribution is 2.44. The number of fused-ring (bicyclic) bond motifs is 2. The molecule has 3 rings (SSSR count). The van der Waals surface area contributed by atoms with Crippen molar-refractivity contribution < 1.29 is 19.4 Å². The number of ether oxygens (including phenoxy) is 1. The van der Waals surface area contributed by atoms with Crippen molar-refractivity contribution in [2.24, 2.45) is 11.8 Å². The zero-order valence-electron chi connectivity index (χ0n) is 10.7. The number of carbonyl (C=O) groups excluding carboxylic acids is 1. The highest BCUT2D eigenvalue weighted by molar-refractivity contribution is 6.00. The smallest absolute Gasteiger partial charge is 0.309 e. The predicted octanol–water partition coefficient (Wildman–Crippen LogP) is 2.06. The molecule has 0 spiro atoms. The van der Waals surface area contributed by atoms with Gasteiger partial charge in [-0.3, -0.25) is 9.59 Å². The third kappa shape index (κ3) is 1.96. The maximum Gasteiger partial charge on any atom is 0.309 e. The number of carboxylic acids is 1. The van der Waals surface area contributed by atoms with E-state index in [2.05, 4.69) is 0 Å². The molecule has 0 saturated carbocycles. The third-order valence-corrected chi connectivity index (χ3v) is 4.20. The predicted molar refractivity (Wildman–Crippen MR) is 68.0 cm³/mol. The van der Waals surface area contributed by atoms with E-state index in [9.17, 15) is 14.7 Å². The molecule has 1 aromatic carbocycles. The van der Waals surface area contributed by atoms with Gasteiger partial charge in [-0.25, -0.2) is 0 Å². The highest BCUT2D eigenvalue weighted by atomic mass is 16.5. The van der Waals surface area contributed by atoms with E-state index in [4.69, 9.17) is 4.74 Å². The standard InChI is InChI=1S/C15H16O4/c1-8-2-4-9(5-3-8)14(16)12-10-6-7-11(19-10)13(12)15(17)18/h2-5,10-13H,6-7H2,1H3,(H,17,18). The summed E-state index contributed by atoms with van der Waals surface area (Å²) in [6, 6.07) is 7.28. The molecule has 4 atom stereocenters. The van der Waals surface area contributed by atoms with E-state index in [1.807, 2.05) is 19.1 Å². The summed E-state index contributed by atoms with van der Waals surface area (Å²) < 4.78 is 5.62. The first-order chi connectivity index (χ1) is 9.08. The number of carbonyl (C=O) groups is 2. The van der Waals surface area contributed by atoms with Crippen LogP contribution in [0.4, 0.5) is 0 Å². The molecule has 4 heteroatoms. The molecule has 2 aliphatic rings. The lowest BCUT2D eigenvalue weighted by molar-refractivity contribution is -0.144. The van der Waals surface area contributed by atoms with Crippen LogP contribution in [-0.4, -0.2) is 29.1 Å². The number of aliphatic carboxylic acids is 1. The SMILES string of the molecule is Cc1ccc(C(=O)C2C3CCC(O3)C2C(=O)O)cc1. The Morgan fingerprint density at radius 3 is 2.26 bits per heavy atom. The summed E-state index contributed by atoms with van der Waals surface area (Å²) in [6.07, 6.45) is 1.03. The topological polar surface area (TPSA) is 63.6 Å². The van der Waals surface area contributed by atoms with Gasteiger partial charge in [-0.2, -0.15) is 0 Å². The molecule has 2 aliphatic heterocycles. The Morgan fingerprint density at radius 1 is 1.11 bits per heavy atom. The molecule has 100 valence electrons. The largest absolute Gasteiger partial charge is 0.481 e. The molecule has 4 nitrogen and oxygen atoms in total.